The minimum Gasteiger partial charge on any atom is -0.461 e. The molecule has 180 valence electrons. The molecule has 1 aromatic heterocycles. The molecule has 0 fully saturated rings. The number of halogens is 1. The van der Waals surface area contributed by atoms with Crippen molar-refractivity contribution < 1.29 is 17.6 Å². The fourth-order valence-electron chi connectivity index (χ4n) is 4.16. The SMILES string of the molecule is Cc1oc2ccc(C(=O)NS(=O)(=O)c3ccccc3)cc2c1Cc1ccc(-c2ccccc2)cc1Cl. The number of carbonyl (C=O) groups excluding carboxylic acids is 1. The van der Waals surface area contributed by atoms with E-state index in [9.17, 15) is 13.2 Å². The van der Waals surface area contributed by atoms with Gasteiger partial charge in [-0.1, -0.05) is 72.3 Å². The Morgan fingerprint density at radius 2 is 1.56 bits per heavy atom. The second-order valence-corrected chi connectivity index (χ2v) is 10.5. The highest BCUT2D eigenvalue weighted by Gasteiger charge is 2.20. The molecule has 5 nitrogen and oxygen atoms in total. The molecule has 0 spiro atoms. The number of rotatable bonds is 6. The van der Waals surface area contributed by atoms with Crippen molar-refractivity contribution in [2.45, 2.75) is 18.2 Å². The van der Waals surface area contributed by atoms with E-state index in [1.165, 1.54) is 12.1 Å². The highest BCUT2D eigenvalue weighted by atomic mass is 35.5. The second-order valence-electron chi connectivity index (χ2n) is 8.44. The van der Waals surface area contributed by atoms with E-state index in [0.717, 1.165) is 27.6 Å². The molecule has 1 N–H and O–H groups in total. The lowest BCUT2D eigenvalue weighted by Gasteiger charge is -2.09. The molecule has 4 aromatic carbocycles. The fraction of sp³-hybridized carbons (Fsp3) is 0.0690. The van der Waals surface area contributed by atoms with Crippen LogP contribution in [-0.2, 0) is 16.4 Å². The van der Waals surface area contributed by atoms with Gasteiger partial charge in [0.05, 0.1) is 4.90 Å². The summed E-state index contributed by atoms with van der Waals surface area (Å²) in [4.78, 5) is 12.9. The topological polar surface area (TPSA) is 76.4 Å². The van der Waals surface area contributed by atoms with E-state index in [-0.39, 0.29) is 10.5 Å². The minimum atomic E-state index is -3.99. The third kappa shape index (κ3) is 4.78. The van der Waals surface area contributed by atoms with Crippen molar-refractivity contribution in [3.63, 3.8) is 0 Å². The van der Waals surface area contributed by atoms with E-state index >= 15 is 0 Å². The van der Waals surface area contributed by atoms with Crippen LogP contribution in [0.25, 0.3) is 22.1 Å². The smallest absolute Gasteiger partial charge is 0.265 e. The van der Waals surface area contributed by atoms with Gasteiger partial charge in [0.15, 0.2) is 0 Å². The largest absolute Gasteiger partial charge is 0.461 e. The number of amides is 1. The minimum absolute atomic E-state index is 0.0212. The highest BCUT2D eigenvalue weighted by Crippen LogP contribution is 2.32. The normalized spacial score (nSPS) is 11.5. The van der Waals surface area contributed by atoms with Crippen molar-refractivity contribution in [3.05, 3.63) is 125 Å². The summed E-state index contributed by atoms with van der Waals surface area (Å²) in [7, 11) is -3.99. The Kier molecular flexibility index (Phi) is 6.39. The van der Waals surface area contributed by atoms with Crippen molar-refractivity contribution in [2.75, 3.05) is 0 Å². The van der Waals surface area contributed by atoms with Crippen molar-refractivity contribution in [1.82, 2.24) is 4.72 Å². The summed E-state index contributed by atoms with van der Waals surface area (Å²) >= 11 is 6.65. The number of nitrogens with one attached hydrogen (secondary N) is 1. The van der Waals surface area contributed by atoms with Crippen LogP contribution < -0.4 is 4.72 Å². The Morgan fingerprint density at radius 1 is 0.861 bits per heavy atom. The fourth-order valence-corrected chi connectivity index (χ4v) is 5.41. The zero-order chi connectivity index (χ0) is 25.3. The first-order valence-corrected chi connectivity index (χ1v) is 13.2. The van der Waals surface area contributed by atoms with E-state index in [0.29, 0.717) is 22.8 Å². The van der Waals surface area contributed by atoms with E-state index < -0.39 is 15.9 Å². The van der Waals surface area contributed by atoms with Gasteiger partial charge in [-0.05, 0) is 60.0 Å². The predicted molar refractivity (Wildman–Crippen MR) is 142 cm³/mol. The molecule has 0 atom stereocenters. The van der Waals surface area contributed by atoms with Crippen LogP contribution in [0, 0.1) is 6.92 Å². The highest BCUT2D eigenvalue weighted by molar-refractivity contribution is 7.90. The summed E-state index contributed by atoms with van der Waals surface area (Å²) in [5.74, 6) is -0.00142. The first-order chi connectivity index (χ1) is 17.3. The molecule has 0 saturated heterocycles. The number of aryl methyl sites for hydroxylation is 1. The van der Waals surface area contributed by atoms with Gasteiger partial charge in [-0.15, -0.1) is 0 Å². The summed E-state index contributed by atoms with van der Waals surface area (Å²) in [6.07, 6.45) is 0.500. The number of sulfonamides is 1. The van der Waals surface area contributed by atoms with Gasteiger partial charge in [0.2, 0.25) is 0 Å². The van der Waals surface area contributed by atoms with Gasteiger partial charge in [-0.2, -0.15) is 0 Å². The Hall–Kier alpha value is -3.87. The van der Waals surface area contributed by atoms with Gasteiger partial charge < -0.3 is 4.42 Å². The molecular weight excluding hydrogens is 494 g/mol. The molecule has 36 heavy (non-hydrogen) atoms. The van der Waals surface area contributed by atoms with Crippen LogP contribution in [0.15, 0.2) is 106 Å². The Labute approximate surface area is 214 Å². The molecule has 5 aromatic rings. The second kappa shape index (κ2) is 9.64. The quantitative estimate of drug-likeness (QED) is 0.271. The summed E-state index contributed by atoms with van der Waals surface area (Å²) < 4.78 is 33.2. The Bertz CT molecular complexity index is 1680. The predicted octanol–water partition coefficient (Wildman–Crippen LogP) is 6.77. The zero-order valence-electron chi connectivity index (χ0n) is 19.4. The first kappa shape index (κ1) is 23.9. The van der Waals surface area contributed by atoms with Gasteiger partial charge in [0, 0.05) is 28.0 Å². The summed E-state index contributed by atoms with van der Waals surface area (Å²) in [5.41, 5.74) is 4.74. The van der Waals surface area contributed by atoms with Crippen molar-refractivity contribution in [3.8, 4) is 11.1 Å². The van der Waals surface area contributed by atoms with E-state index in [1.54, 1.807) is 36.4 Å². The lowest BCUT2D eigenvalue weighted by molar-refractivity contribution is 0.0981. The van der Waals surface area contributed by atoms with Gasteiger partial charge in [0.1, 0.15) is 11.3 Å². The number of furan rings is 1. The van der Waals surface area contributed by atoms with Crippen LogP contribution >= 0.6 is 11.6 Å². The molecular formula is C29H22ClNO4S. The number of fused-ring (bicyclic) bond motifs is 1. The van der Waals surface area contributed by atoms with Crippen molar-refractivity contribution in [1.29, 1.82) is 0 Å². The van der Waals surface area contributed by atoms with Crippen LogP contribution in [0.2, 0.25) is 5.02 Å². The summed E-state index contributed by atoms with van der Waals surface area (Å²) in [5, 5.41) is 1.37. The number of carbonyl (C=O) groups is 1. The maximum Gasteiger partial charge on any atom is 0.265 e. The Morgan fingerprint density at radius 3 is 2.25 bits per heavy atom. The van der Waals surface area contributed by atoms with E-state index in [1.807, 2.05) is 55.5 Å². The van der Waals surface area contributed by atoms with Crippen LogP contribution in [-0.4, -0.2) is 14.3 Å². The summed E-state index contributed by atoms with van der Waals surface area (Å²) in [6.45, 7) is 1.86. The third-order valence-electron chi connectivity index (χ3n) is 6.06. The van der Waals surface area contributed by atoms with Crippen LogP contribution in [0.5, 0.6) is 0 Å². The van der Waals surface area contributed by atoms with Crippen molar-refractivity contribution >= 4 is 38.5 Å². The monoisotopic (exact) mass is 515 g/mol. The van der Waals surface area contributed by atoms with E-state index in [4.69, 9.17) is 16.0 Å². The molecule has 0 radical (unpaired) electrons. The number of hydrogen-bond donors (Lipinski definition) is 1. The molecule has 5 rings (SSSR count). The summed E-state index contributed by atoms with van der Waals surface area (Å²) in [6, 6.07) is 28.6. The maximum atomic E-state index is 12.8. The van der Waals surface area contributed by atoms with E-state index in [2.05, 4.69) is 4.72 Å². The lowest BCUT2D eigenvalue weighted by atomic mass is 9.98. The molecule has 0 bridgehead atoms. The molecule has 0 unspecified atom stereocenters. The van der Waals surface area contributed by atoms with Crippen LogP contribution in [0.3, 0.4) is 0 Å². The average Bonchev–Trinajstić information content (AvgIpc) is 3.20. The first-order valence-electron chi connectivity index (χ1n) is 11.3. The van der Waals surface area contributed by atoms with Gasteiger partial charge in [-0.3, -0.25) is 4.79 Å². The lowest BCUT2D eigenvalue weighted by Crippen LogP contribution is -2.30. The average molecular weight is 516 g/mol. The third-order valence-corrected chi connectivity index (χ3v) is 7.76. The zero-order valence-corrected chi connectivity index (χ0v) is 20.9. The molecule has 1 amide bonds. The van der Waals surface area contributed by atoms with Gasteiger partial charge in [0.25, 0.3) is 15.9 Å². The van der Waals surface area contributed by atoms with Crippen LogP contribution in [0.4, 0.5) is 0 Å². The van der Waals surface area contributed by atoms with Gasteiger partial charge in [-0.25, -0.2) is 13.1 Å². The molecule has 0 aliphatic carbocycles. The molecule has 0 saturated carbocycles. The molecule has 1 heterocycles. The van der Waals surface area contributed by atoms with Gasteiger partial charge >= 0.3 is 0 Å². The molecule has 0 aliphatic heterocycles. The standard InChI is InChI=1S/C29H22ClNO4S/c1-19-25(16-22-13-12-21(18-27(22)30)20-8-4-2-5-9-20)26-17-23(14-15-28(26)35-19)29(32)31-36(33,34)24-10-6-3-7-11-24/h2-15,17-18H,16H2,1H3,(H,31,32). The molecule has 7 heteroatoms. The molecule has 0 aliphatic rings. The van der Waals surface area contributed by atoms with Crippen LogP contribution in [0.1, 0.15) is 27.2 Å². The van der Waals surface area contributed by atoms with Crippen molar-refractivity contribution in [2.24, 2.45) is 0 Å². The number of benzene rings is 4. The maximum absolute atomic E-state index is 12.8. The Balaban J connectivity index is 1.44. The number of hydrogen-bond acceptors (Lipinski definition) is 4.